The zero-order valence-corrected chi connectivity index (χ0v) is 13.3. The molecule has 5 heteroatoms. The first-order chi connectivity index (χ1) is 10.9. The van der Waals surface area contributed by atoms with E-state index >= 15 is 0 Å². The fourth-order valence-corrected chi connectivity index (χ4v) is 3.99. The van der Waals surface area contributed by atoms with Crippen LogP contribution in [0.1, 0.15) is 5.56 Å². The molecule has 3 aromatic heterocycles. The van der Waals surface area contributed by atoms with E-state index in [-0.39, 0.29) is 0 Å². The summed E-state index contributed by atoms with van der Waals surface area (Å²) in [5.41, 5.74) is 3.47. The summed E-state index contributed by atoms with van der Waals surface area (Å²) in [6.07, 6.45) is 3.51. The van der Waals surface area contributed by atoms with E-state index in [1.165, 1.54) is 16.0 Å². The van der Waals surface area contributed by atoms with Crippen molar-refractivity contribution in [3.63, 3.8) is 0 Å². The van der Waals surface area contributed by atoms with Crippen LogP contribution in [0.3, 0.4) is 0 Å². The molecule has 0 radical (unpaired) electrons. The van der Waals surface area contributed by atoms with Crippen molar-refractivity contribution in [2.45, 2.75) is 10.8 Å². The highest BCUT2D eigenvalue weighted by molar-refractivity contribution is 7.98. The van der Waals surface area contributed by atoms with Crippen molar-refractivity contribution < 1.29 is 0 Å². The van der Waals surface area contributed by atoms with Gasteiger partial charge in [-0.15, -0.1) is 23.1 Å². The molecule has 0 aliphatic heterocycles. The molecule has 22 heavy (non-hydrogen) atoms. The second-order valence-electron chi connectivity index (χ2n) is 4.88. The molecule has 0 unspecified atom stereocenters. The summed E-state index contributed by atoms with van der Waals surface area (Å²) in [4.78, 5) is 13.0. The fourth-order valence-electron chi connectivity index (χ4n) is 2.32. The molecule has 0 saturated heterocycles. The van der Waals surface area contributed by atoms with Crippen molar-refractivity contribution in [1.82, 2.24) is 15.0 Å². The first-order valence-electron chi connectivity index (χ1n) is 6.94. The number of nitrogens with zero attached hydrogens (tertiary/aromatic N) is 2. The second kappa shape index (κ2) is 5.94. The molecular formula is C17H13N3S2. The van der Waals surface area contributed by atoms with Gasteiger partial charge in [-0.2, -0.15) is 0 Å². The zero-order chi connectivity index (χ0) is 14.8. The van der Waals surface area contributed by atoms with Gasteiger partial charge in [0.1, 0.15) is 17.0 Å². The lowest BCUT2D eigenvalue weighted by atomic mass is 10.1. The van der Waals surface area contributed by atoms with Gasteiger partial charge in [-0.1, -0.05) is 30.3 Å². The van der Waals surface area contributed by atoms with Gasteiger partial charge in [0.25, 0.3) is 0 Å². The van der Waals surface area contributed by atoms with E-state index in [1.807, 2.05) is 12.3 Å². The molecule has 0 aliphatic rings. The van der Waals surface area contributed by atoms with Crippen LogP contribution in [0.5, 0.6) is 0 Å². The number of aromatic amines is 1. The van der Waals surface area contributed by atoms with Crippen LogP contribution >= 0.6 is 23.1 Å². The third-order valence-corrected chi connectivity index (χ3v) is 5.45. The number of benzene rings is 1. The van der Waals surface area contributed by atoms with Gasteiger partial charge >= 0.3 is 0 Å². The third-order valence-electron chi connectivity index (χ3n) is 3.45. The molecule has 1 N–H and O–H groups in total. The minimum Gasteiger partial charge on any atom is -0.346 e. The lowest BCUT2D eigenvalue weighted by Gasteiger charge is -2.04. The Morgan fingerprint density at radius 1 is 1.05 bits per heavy atom. The molecule has 0 fully saturated rings. The summed E-state index contributed by atoms with van der Waals surface area (Å²) in [7, 11) is 0. The maximum Gasteiger partial charge on any atom is 0.141 e. The van der Waals surface area contributed by atoms with E-state index < -0.39 is 0 Å². The number of thioether (sulfide) groups is 1. The maximum atomic E-state index is 4.39. The van der Waals surface area contributed by atoms with Crippen LogP contribution in [0.2, 0.25) is 0 Å². The first-order valence-corrected chi connectivity index (χ1v) is 8.80. The van der Waals surface area contributed by atoms with Crippen molar-refractivity contribution in [3.8, 4) is 10.4 Å². The van der Waals surface area contributed by atoms with Crippen LogP contribution < -0.4 is 0 Å². The molecule has 0 saturated carbocycles. The number of fused-ring (bicyclic) bond motifs is 1. The highest BCUT2D eigenvalue weighted by Gasteiger charge is 2.06. The first kappa shape index (κ1) is 13.5. The average molecular weight is 323 g/mol. The monoisotopic (exact) mass is 323 g/mol. The number of hydrogen-bond donors (Lipinski definition) is 1. The summed E-state index contributed by atoms with van der Waals surface area (Å²) in [6.45, 7) is 0. The van der Waals surface area contributed by atoms with Gasteiger partial charge in [-0.3, -0.25) is 0 Å². The normalized spacial score (nSPS) is 11.1. The van der Waals surface area contributed by atoms with Gasteiger partial charge in [0, 0.05) is 16.8 Å². The maximum absolute atomic E-state index is 4.39. The van der Waals surface area contributed by atoms with E-state index in [2.05, 4.69) is 56.7 Å². The number of nitrogens with one attached hydrogen (secondary N) is 1. The molecule has 4 aromatic rings. The number of aromatic nitrogens is 3. The number of hydrogen-bond acceptors (Lipinski definition) is 4. The molecule has 0 atom stereocenters. The van der Waals surface area contributed by atoms with E-state index in [1.54, 1.807) is 29.4 Å². The molecule has 3 heterocycles. The average Bonchev–Trinajstić information content (AvgIpc) is 3.24. The summed E-state index contributed by atoms with van der Waals surface area (Å²) < 4.78 is 0. The Labute approximate surface area is 136 Å². The van der Waals surface area contributed by atoms with Crippen molar-refractivity contribution in [2.24, 2.45) is 0 Å². The van der Waals surface area contributed by atoms with Crippen molar-refractivity contribution >= 4 is 34.1 Å². The van der Waals surface area contributed by atoms with Crippen LogP contribution in [-0.4, -0.2) is 15.0 Å². The molecule has 0 spiro atoms. The number of thiophene rings is 1. The van der Waals surface area contributed by atoms with Crippen LogP contribution in [-0.2, 0) is 5.75 Å². The Hall–Kier alpha value is -2.11. The molecule has 0 aliphatic carbocycles. The molecule has 0 amide bonds. The lowest BCUT2D eigenvalue weighted by molar-refractivity contribution is 1.09. The zero-order valence-electron chi connectivity index (χ0n) is 11.7. The van der Waals surface area contributed by atoms with E-state index in [0.29, 0.717) is 0 Å². The SMILES string of the molecule is c1csc(-c2ccc(CSc3ncnc4[nH]ccc34)cc2)c1. The van der Waals surface area contributed by atoms with Crippen molar-refractivity contribution in [1.29, 1.82) is 0 Å². The Morgan fingerprint density at radius 2 is 1.95 bits per heavy atom. The van der Waals surface area contributed by atoms with Crippen LogP contribution in [0.4, 0.5) is 0 Å². The van der Waals surface area contributed by atoms with Crippen LogP contribution in [0.15, 0.2) is 65.4 Å². The molecule has 4 rings (SSSR count). The quantitative estimate of drug-likeness (QED) is 0.425. The second-order valence-corrected chi connectivity index (χ2v) is 6.79. The van der Waals surface area contributed by atoms with Crippen LogP contribution in [0, 0.1) is 0 Å². The summed E-state index contributed by atoms with van der Waals surface area (Å²) >= 11 is 3.51. The smallest absolute Gasteiger partial charge is 0.141 e. The predicted molar refractivity (Wildman–Crippen MR) is 93.2 cm³/mol. The van der Waals surface area contributed by atoms with Gasteiger partial charge in [0.05, 0.1) is 5.39 Å². The van der Waals surface area contributed by atoms with Crippen molar-refractivity contribution in [2.75, 3.05) is 0 Å². The summed E-state index contributed by atoms with van der Waals surface area (Å²) in [5.74, 6) is 0.905. The molecular weight excluding hydrogens is 310 g/mol. The Bertz CT molecular complexity index is 880. The highest BCUT2D eigenvalue weighted by atomic mass is 32.2. The minimum absolute atomic E-state index is 0.894. The third kappa shape index (κ3) is 2.65. The van der Waals surface area contributed by atoms with Gasteiger partial charge < -0.3 is 4.98 Å². The minimum atomic E-state index is 0.894. The van der Waals surface area contributed by atoms with Gasteiger partial charge in [0.15, 0.2) is 0 Å². The Morgan fingerprint density at radius 3 is 2.77 bits per heavy atom. The van der Waals surface area contributed by atoms with Crippen molar-refractivity contribution in [3.05, 3.63) is 65.9 Å². The standard InChI is InChI=1S/C17H13N3S2/c1-2-15(21-9-1)13-5-3-12(4-6-13)10-22-17-14-7-8-18-16(14)19-11-20-17/h1-9,11H,10H2,(H,18,19,20). The molecule has 3 nitrogen and oxygen atoms in total. The summed E-state index contributed by atoms with van der Waals surface area (Å²) in [5, 5.41) is 4.22. The molecule has 108 valence electrons. The lowest BCUT2D eigenvalue weighted by Crippen LogP contribution is -1.86. The molecule has 0 bridgehead atoms. The Balaban J connectivity index is 1.51. The Kier molecular flexibility index (Phi) is 3.66. The van der Waals surface area contributed by atoms with Gasteiger partial charge in [-0.05, 0) is 28.6 Å². The van der Waals surface area contributed by atoms with E-state index in [9.17, 15) is 0 Å². The number of rotatable bonds is 4. The number of H-pyrrole nitrogens is 1. The largest absolute Gasteiger partial charge is 0.346 e. The van der Waals surface area contributed by atoms with Gasteiger partial charge in [0.2, 0.25) is 0 Å². The van der Waals surface area contributed by atoms with E-state index in [4.69, 9.17) is 0 Å². The molecule has 1 aromatic carbocycles. The van der Waals surface area contributed by atoms with Crippen LogP contribution in [0.25, 0.3) is 21.5 Å². The van der Waals surface area contributed by atoms with Gasteiger partial charge in [-0.25, -0.2) is 9.97 Å². The fraction of sp³-hybridized carbons (Fsp3) is 0.0588. The summed E-state index contributed by atoms with van der Waals surface area (Å²) in [6, 6.07) is 15.0. The highest BCUT2D eigenvalue weighted by Crippen LogP contribution is 2.29. The predicted octanol–water partition coefficient (Wildman–Crippen LogP) is 4.98. The van der Waals surface area contributed by atoms with E-state index in [0.717, 1.165) is 21.8 Å². The topological polar surface area (TPSA) is 41.6 Å².